The lowest BCUT2D eigenvalue weighted by molar-refractivity contribution is -0.0501. The highest BCUT2D eigenvalue weighted by Gasteiger charge is 2.34. The first-order chi connectivity index (χ1) is 8.74. The maximum atomic E-state index is 6.25. The second kappa shape index (κ2) is 6.69. The molecule has 18 heavy (non-hydrogen) atoms. The number of ether oxygens (including phenoxy) is 1. The average molecular weight is 312 g/mol. The first kappa shape index (κ1) is 14.0. The van der Waals surface area contributed by atoms with E-state index in [0.717, 1.165) is 17.6 Å². The molecule has 3 heteroatoms. The van der Waals surface area contributed by atoms with E-state index in [-0.39, 0.29) is 5.60 Å². The molecule has 1 saturated carbocycles. The monoisotopic (exact) mass is 311 g/mol. The van der Waals surface area contributed by atoms with E-state index >= 15 is 0 Å². The van der Waals surface area contributed by atoms with Gasteiger partial charge < -0.3 is 10.1 Å². The summed E-state index contributed by atoms with van der Waals surface area (Å²) in [4.78, 5) is 0. The second-order valence-electron chi connectivity index (χ2n) is 5.09. The van der Waals surface area contributed by atoms with Gasteiger partial charge in [0.15, 0.2) is 0 Å². The van der Waals surface area contributed by atoms with Crippen molar-refractivity contribution >= 4 is 15.9 Å². The minimum atomic E-state index is 0.0678. The van der Waals surface area contributed by atoms with E-state index in [2.05, 4.69) is 46.4 Å². The fraction of sp³-hybridized carbons (Fsp3) is 0.600. The van der Waals surface area contributed by atoms with Gasteiger partial charge in [-0.05, 0) is 37.1 Å². The van der Waals surface area contributed by atoms with Crippen LogP contribution >= 0.6 is 15.9 Å². The number of halogens is 1. The molecule has 0 atom stereocenters. The Morgan fingerprint density at radius 2 is 2.11 bits per heavy atom. The second-order valence-corrected chi connectivity index (χ2v) is 6.00. The third kappa shape index (κ3) is 3.81. The highest BCUT2D eigenvalue weighted by molar-refractivity contribution is 9.10. The van der Waals surface area contributed by atoms with Gasteiger partial charge in [-0.15, -0.1) is 0 Å². The summed E-state index contributed by atoms with van der Waals surface area (Å²) >= 11 is 3.50. The zero-order valence-corrected chi connectivity index (χ0v) is 12.6. The quantitative estimate of drug-likeness (QED) is 0.860. The van der Waals surface area contributed by atoms with Crippen molar-refractivity contribution in [1.82, 2.24) is 5.32 Å². The summed E-state index contributed by atoms with van der Waals surface area (Å²) in [5.41, 5.74) is 1.31. The van der Waals surface area contributed by atoms with Gasteiger partial charge >= 0.3 is 0 Å². The Labute approximate surface area is 118 Å². The molecular formula is C15H22BrNO. The van der Waals surface area contributed by atoms with Crippen LogP contribution in [0.4, 0.5) is 0 Å². The third-order valence-corrected chi connectivity index (χ3v) is 4.14. The minimum absolute atomic E-state index is 0.0678. The van der Waals surface area contributed by atoms with Gasteiger partial charge in [0, 0.05) is 11.0 Å². The summed E-state index contributed by atoms with van der Waals surface area (Å²) < 4.78 is 7.37. The number of rotatable bonds is 6. The minimum Gasteiger partial charge on any atom is -0.369 e. The molecule has 1 aliphatic rings. The van der Waals surface area contributed by atoms with Gasteiger partial charge in [-0.2, -0.15) is 0 Å². The van der Waals surface area contributed by atoms with Crippen molar-refractivity contribution in [2.75, 3.05) is 13.1 Å². The predicted octanol–water partition coefficient (Wildman–Crippen LogP) is 3.89. The average Bonchev–Trinajstić information content (AvgIpc) is 2.84. The van der Waals surface area contributed by atoms with Crippen molar-refractivity contribution in [3.63, 3.8) is 0 Å². The fourth-order valence-electron chi connectivity index (χ4n) is 2.61. The van der Waals surface area contributed by atoms with Crippen LogP contribution in [-0.2, 0) is 11.3 Å². The summed E-state index contributed by atoms with van der Waals surface area (Å²) in [5.74, 6) is 0. The fourth-order valence-corrected chi connectivity index (χ4v) is 3.05. The molecule has 0 heterocycles. The molecule has 100 valence electrons. The molecule has 0 amide bonds. The van der Waals surface area contributed by atoms with Crippen LogP contribution in [0.2, 0.25) is 0 Å². The van der Waals surface area contributed by atoms with E-state index in [0.29, 0.717) is 6.61 Å². The van der Waals surface area contributed by atoms with E-state index in [1.54, 1.807) is 0 Å². The van der Waals surface area contributed by atoms with E-state index in [1.807, 2.05) is 6.07 Å². The number of nitrogens with one attached hydrogen (secondary N) is 1. The van der Waals surface area contributed by atoms with Gasteiger partial charge in [0.05, 0.1) is 12.2 Å². The van der Waals surface area contributed by atoms with Crippen LogP contribution < -0.4 is 5.32 Å². The number of hydrogen-bond acceptors (Lipinski definition) is 2. The smallest absolute Gasteiger partial charge is 0.0810 e. The summed E-state index contributed by atoms with van der Waals surface area (Å²) in [5, 5.41) is 3.44. The molecule has 1 N–H and O–H groups in total. The molecular weight excluding hydrogens is 290 g/mol. The summed E-state index contributed by atoms with van der Waals surface area (Å²) in [6.45, 7) is 4.86. The van der Waals surface area contributed by atoms with Crippen molar-refractivity contribution in [2.24, 2.45) is 0 Å². The molecule has 0 unspecified atom stereocenters. The first-order valence-electron chi connectivity index (χ1n) is 6.83. The van der Waals surface area contributed by atoms with Gasteiger partial charge in [-0.3, -0.25) is 0 Å². The van der Waals surface area contributed by atoms with Crippen molar-refractivity contribution < 1.29 is 4.74 Å². The van der Waals surface area contributed by atoms with Crippen LogP contribution in [0, 0.1) is 0 Å². The van der Waals surface area contributed by atoms with Crippen LogP contribution in [-0.4, -0.2) is 18.7 Å². The van der Waals surface area contributed by atoms with E-state index in [4.69, 9.17) is 4.74 Å². The van der Waals surface area contributed by atoms with Gasteiger partial charge in [-0.1, -0.05) is 47.8 Å². The van der Waals surface area contributed by atoms with Crippen molar-refractivity contribution in [1.29, 1.82) is 0 Å². The van der Waals surface area contributed by atoms with Crippen LogP contribution in [0.5, 0.6) is 0 Å². The number of benzene rings is 1. The predicted molar refractivity (Wildman–Crippen MR) is 78.7 cm³/mol. The molecule has 1 fully saturated rings. The first-order valence-corrected chi connectivity index (χ1v) is 7.62. The molecule has 1 aromatic carbocycles. The van der Waals surface area contributed by atoms with Crippen LogP contribution in [0.3, 0.4) is 0 Å². The van der Waals surface area contributed by atoms with Crippen LogP contribution in [0.25, 0.3) is 0 Å². The van der Waals surface area contributed by atoms with Crippen LogP contribution in [0.15, 0.2) is 28.7 Å². The summed E-state index contributed by atoms with van der Waals surface area (Å²) in [7, 11) is 0. The standard InChI is InChI=1S/C15H22BrNO/c1-2-17-12-15(8-3-4-9-15)18-11-13-6-5-7-14(16)10-13/h5-7,10,17H,2-4,8-9,11-12H2,1H3. The zero-order chi connectivity index (χ0) is 12.8. The summed E-state index contributed by atoms with van der Waals surface area (Å²) in [6, 6.07) is 8.37. The summed E-state index contributed by atoms with van der Waals surface area (Å²) in [6.07, 6.45) is 4.97. The molecule has 1 aliphatic carbocycles. The maximum Gasteiger partial charge on any atom is 0.0810 e. The van der Waals surface area contributed by atoms with Gasteiger partial charge in [0.2, 0.25) is 0 Å². The third-order valence-electron chi connectivity index (χ3n) is 3.65. The Balaban J connectivity index is 1.93. The molecule has 0 spiro atoms. The molecule has 0 bridgehead atoms. The maximum absolute atomic E-state index is 6.25. The topological polar surface area (TPSA) is 21.3 Å². The van der Waals surface area contributed by atoms with Crippen molar-refractivity contribution in [3.8, 4) is 0 Å². The van der Waals surface area contributed by atoms with Gasteiger partial charge in [0.25, 0.3) is 0 Å². The van der Waals surface area contributed by atoms with Gasteiger partial charge in [-0.25, -0.2) is 0 Å². The normalized spacial score (nSPS) is 18.1. The van der Waals surface area contributed by atoms with E-state index in [1.165, 1.54) is 31.2 Å². The Kier molecular flexibility index (Phi) is 5.22. The molecule has 0 aromatic heterocycles. The van der Waals surface area contributed by atoms with E-state index in [9.17, 15) is 0 Å². The Morgan fingerprint density at radius 1 is 1.33 bits per heavy atom. The molecule has 2 rings (SSSR count). The number of likely N-dealkylation sites (N-methyl/N-ethyl adjacent to an activating group) is 1. The highest BCUT2D eigenvalue weighted by atomic mass is 79.9. The largest absolute Gasteiger partial charge is 0.369 e. The molecule has 0 saturated heterocycles. The Morgan fingerprint density at radius 3 is 2.78 bits per heavy atom. The highest BCUT2D eigenvalue weighted by Crippen LogP contribution is 2.33. The molecule has 0 radical (unpaired) electrons. The Bertz CT molecular complexity index is 375. The van der Waals surface area contributed by atoms with Crippen molar-refractivity contribution in [3.05, 3.63) is 34.3 Å². The lowest BCUT2D eigenvalue weighted by Crippen LogP contribution is -2.40. The zero-order valence-electron chi connectivity index (χ0n) is 11.0. The molecule has 1 aromatic rings. The lowest BCUT2D eigenvalue weighted by Gasteiger charge is -2.29. The molecule has 0 aliphatic heterocycles. The SMILES string of the molecule is CCNCC1(OCc2cccc(Br)c2)CCCC1. The van der Waals surface area contributed by atoms with Crippen LogP contribution in [0.1, 0.15) is 38.2 Å². The van der Waals surface area contributed by atoms with Crippen molar-refractivity contribution in [2.45, 2.75) is 44.8 Å². The molecule has 2 nitrogen and oxygen atoms in total. The van der Waals surface area contributed by atoms with E-state index < -0.39 is 0 Å². The number of hydrogen-bond donors (Lipinski definition) is 1. The Hall–Kier alpha value is -0.380. The van der Waals surface area contributed by atoms with Gasteiger partial charge in [0.1, 0.15) is 0 Å². The lowest BCUT2D eigenvalue weighted by atomic mass is 10.0.